The minimum atomic E-state index is -1.26. The normalized spacial score (nSPS) is 10.6. The third kappa shape index (κ3) is 4.69. The van der Waals surface area contributed by atoms with Crippen LogP contribution in [0.1, 0.15) is 26.3 Å². The molecule has 0 bridgehead atoms. The zero-order chi connectivity index (χ0) is 20.1. The van der Waals surface area contributed by atoms with E-state index in [-0.39, 0.29) is 28.5 Å². The first-order valence-electron chi connectivity index (χ1n) is 8.40. The Balaban J connectivity index is 1.64. The molecule has 0 aliphatic heterocycles. The standard InChI is InChI=1S/C21H17NO5S/c23-19(22-17-9-15(20(24)25)8-16(10-17)21(26)27)12-28-11-14-6-3-5-13-4-1-2-7-18(13)14/h1-10H,11-12H2,(H,22,23)(H,24,25)(H,26,27). The van der Waals surface area contributed by atoms with Crippen molar-refractivity contribution in [3.8, 4) is 0 Å². The number of aromatic carboxylic acids is 2. The Morgan fingerprint density at radius 3 is 2.18 bits per heavy atom. The molecule has 0 atom stereocenters. The Hall–Kier alpha value is -3.32. The van der Waals surface area contributed by atoms with Crippen molar-refractivity contribution in [3.05, 3.63) is 77.4 Å². The van der Waals surface area contributed by atoms with Crippen LogP contribution < -0.4 is 5.32 Å². The highest BCUT2D eigenvalue weighted by molar-refractivity contribution is 7.99. The van der Waals surface area contributed by atoms with Crippen molar-refractivity contribution in [2.75, 3.05) is 11.1 Å². The van der Waals surface area contributed by atoms with Crippen molar-refractivity contribution < 1.29 is 24.6 Å². The predicted molar refractivity (Wildman–Crippen MR) is 109 cm³/mol. The fourth-order valence-electron chi connectivity index (χ4n) is 2.82. The molecule has 0 heterocycles. The molecule has 28 heavy (non-hydrogen) atoms. The second-order valence-electron chi connectivity index (χ2n) is 6.09. The number of carbonyl (C=O) groups excluding carboxylic acids is 1. The zero-order valence-corrected chi connectivity index (χ0v) is 15.5. The lowest BCUT2D eigenvalue weighted by Gasteiger charge is -2.09. The molecule has 3 aromatic rings. The molecule has 0 spiro atoms. The number of hydrogen-bond donors (Lipinski definition) is 3. The first-order chi connectivity index (χ1) is 13.4. The highest BCUT2D eigenvalue weighted by Crippen LogP contribution is 2.23. The molecule has 0 aliphatic carbocycles. The van der Waals surface area contributed by atoms with Gasteiger partial charge in [-0.2, -0.15) is 0 Å². The second kappa shape index (κ2) is 8.58. The summed E-state index contributed by atoms with van der Waals surface area (Å²) in [5.41, 5.74) is 0.877. The van der Waals surface area contributed by atoms with E-state index in [1.165, 1.54) is 23.9 Å². The Morgan fingerprint density at radius 1 is 0.857 bits per heavy atom. The second-order valence-corrected chi connectivity index (χ2v) is 7.07. The Bertz CT molecular complexity index is 1030. The largest absolute Gasteiger partial charge is 0.478 e. The van der Waals surface area contributed by atoms with E-state index in [0.717, 1.165) is 22.4 Å². The molecule has 3 rings (SSSR count). The number of carboxylic acid groups (broad SMARTS) is 2. The van der Waals surface area contributed by atoms with Crippen LogP contribution in [0.4, 0.5) is 5.69 Å². The molecule has 0 radical (unpaired) electrons. The molecule has 3 aromatic carbocycles. The van der Waals surface area contributed by atoms with Crippen molar-refractivity contribution in [3.63, 3.8) is 0 Å². The van der Waals surface area contributed by atoms with Crippen LogP contribution >= 0.6 is 11.8 Å². The molecular weight excluding hydrogens is 378 g/mol. The molecule has 0 saturated carbocycles. The third-order valence-corrected chi connectivity index (χ3v) is 5.06. The number of rotatable bonds is 7. The lowest BCUT2D eigenvalue weighted by Crippen LogP contribution is -2.15. The number of amides is 1. The molecule has 0 fully saturated rings. The van der Waals surface area contributed by atoms with E-state index in [0.29, 0.717) is 5.75 Å². The molecular formula is C21H17NO5S. The van der Waals surface area contributed by atoms with E-state index in [1.54, 1.807) is 0 Å². The Kier molecular flexibility index (Phi) is 5.96. The van der Waals surface area contributed by atoms with E-state index >= 15 is 0 Å². The van der Waals surface area contributed by atoms with E-state index in [4.69, 9.17) is 10.2 Å². The van der Waals surface area contributed by atoms with Gasteiger partial charge in [-0.05, 0) is 34.5 Å². The number of thioether (sulfide) groups is 1. The van der Waals surface area contributed by atoms with E-state index in [1.807, 2.05) is 42.5 Å². The lowest BCUT2D eigenvalue weighted by atomic mass is 10.1. The number of nitrogens with one attached hydrogen (secondary N) is 1. The number of carboxylic acids is 2. The van der Waals surface area contributed by atoms with Crippen LogP contribution in [-0.2, 0) is 10.5 Å². The maximum atomic E-state index is 12.2. The van der Waals surface area contributed by atoms with Crippen LogP contribution in [0, 0.1) is 0 Å². The van der Waals surface area contributed by atoms with Gasteiger partial charge in [0.1, 0.15) is 0 Å². The quantitative estimate of drug-likeness (QED) is 0.556. The van der Waals surface area contributed by atoms with Gasteiger partial charge in [0, 0.05) is 11.4 Å². The van der Waals surface area contributed by atoms with Gasteiger partial charge in [-0.3, -0.25) is 4.79 Å². The molecule has 1 amide bonds. The minimum absolute atomic E-state index is 0.146. The zero-order valence-electron chi connectivity index (χ0n) is 14.7. The molecule has 6 nitrogen and oxygen atoms in total. The molecule has 3 N–H and O–H groups in total. The lowest BCUT2D eigenvalue weighted by molar-refractivity contribution is -0.113. The van der Waals surface area contributed by atoms with Gasteiger partial charge in [0.15, 0.2) is 0 Å². The summed E-state index contributed by atoms with van der Waals surface area (Å²) >= 11 is 1.42. The predicted octanol–water partition coefficient (Wildman–Crippen LogP) is 4.11. The van der Waals surface area contributed by atoms with Gasteiger partial charge in [-0.1, -0.05) is 42.5 Å². The summed E-state index contributed by atoms with van der Waals surface area (Å²) in [4.78, 5) is 34.5. The maximum absolute atomic E-state index is 12.2. The summed E-state index contributed by atoms with van der Waals surface area (Å²) in [6, 6.07) is 17.6. The molecule has 0 aliphatic rings. The van der Waals surface area contributed by atoms with Gasteiger partial charge in [0.2, 0.25) is 5.91 Å². The van der Waals surface area contributed by atoms with Gasteiger partial charge in [-0.15, -0.1) is 11.8 Å². The average molecular weight is 395 g/mol. The van der Waals surface area contributed by atoms with Crippen molar-refractivity contribution in [2.45, 2.75) is 5.75 Å². The molecule has 0 unspecified atom stereocenters. The molecule has 142 valence electrons. The number of benzene rings is 3. The van der Waals surface area contributed by atoms with E-state index < -0.39 is 11.9 Å². The average Bonchev–Trinajstić information content (AvgIpc) is 2.67. The summed E-state index contributed by atoms with van der Waals surface area (Å²) in [7, 11) is 0. The number of anilines is 1. The summed E-state index contributed by atoms with van der Waals surface area (Å²) in [5.74, 6) is -2.05. The highest BCUT2D eigenvalue weighted by Gasteiger charge is 2.13. The van der Waals surface area contributed by atoms with Crippen LogP contribution in [0.3, 0.4) is 0 Å². The summed E-state index contributed by atoms with van der Waals surface area (Å²) in [6.07, 6.45) is 0. The molecule has 0 saturated heterocycles. The van der Waals surface area contributed by atoms with Crippen LogP contribution in [0.2, 0.25) is 0 Å². The van der Waals surface area contributed by atoms with Crippen molar-refractivity contribution in [1.82, 2.24) is 0 Å². The summed E-state index contributed by atoms with van der Waals surface area (Å²) < 4.78 is 0. The first kappa shape index (κ1) is 19.4. The third-order valence-electron chi connectivity index (χ3n) is 4.08. The van der Waals surface area contributed by atoms with E-state index in [9.17, 15) is 14.4 Å². The van der Waals surface area contributed by atoms with Crippen molar-refractivity contribution in [1.29, 1.82) is 0 Å². The van der Waals surface area contributed by atoms with Gasteiger partial charge >= 0.3 is 11.9 Å². The maximum Gasteiger partial charge on any atom is 0.335 e. The topological polar surface area (TPSA) is 104 Å². The van der Waals surface area contributed by atoms with Gasteiger partial charge < -0.3 is 15.5 Å². The van der Waals surface area contributed by atoms with Crippen LogP contribution in [-0.4, -0.2) is 33.8 Å². The van der Waals surface area contributed by atoms with Crippen molar-refractivity contribution >= 4 is 46.1 Å². The number of carbonyl (C=O) groups is 3. The van der Waals surface area contributed by atoms with Gasteiger partial charge in [0.05, 0.1) is 16.9 Å². The van der Waals surface area contributed by atoms with E-state index in [2.05, 4.69) is 5.32 Å². The van der Waals surface area contributed by atoms with Crippen molar-refractivity contribution in [2.24, 2.45) is 0 Å². The van der Waals surface area contributed by atoms with Crippen LogP contribution in [0.25, 0.3) is 10.8 Å². The Labute approximate surface area is 165 Å². The minimum Gasteiger partial charge on any atom is -0.478 e. The fourth-order valence-corrected chi connectivity index (χ4v) is 3.65. The SMILES string of the molecule is O=C(CSCc1cccc2ccccc12)Nc1cc(C(=O)O)cc(C(=O)O)c1. The number of hydrogen-bond acceptors (Lipinski definition) is 4. The number of fused-ring (bicyclic) bond motifs is 1. The summed E-state index contributed by atoms with van der Waals surface area (Å²) in [5, 5.41) is 23.0. The molecule has 0 aromatic heterocycles. The van der Waals surface area contributed by atoms with Gasteiger partial charge in [0.25, 0.3) is 0 Å². The van der Waals surface area contributed by atoms with Crippen LogP contribution in [0.5, 0.6) is 0 Å². The first-order valence-corrected chi connectivity index (χ1v) is 9.55. The smallest absolute Gasteiger partial charge is 0.335 e. The fraction of sp³-hybridized carbons (Fsp3) is 0.0952. The van der Waals surface area contributed by atoms with Gasteiger partial charge in [-0.25, -0.2) is 9.59 Å². The van der Waals surface area contributed by atoms with Crippen LogP contribution in [0.15, 0.2) is 60.7 Å². The monoisotopic (exact) mass is 395 g/mol. The Morgan fingerprint density at radius 2 is 1.50 bits per heavy atom. The summed E-state index contributed by atoms with van der Waals surface area (Å²) in [6.45, 7) is 0. The highest BCUT2D eigenvalue weighted by atomic mass is 32.2. The molecule has 7 heteroatoms.